The topological polar surface area (TPSA) is 54.7 Å². The molecule has 0 amide bonds. The zero-order valence-electron chi connectivity index (χ0n) is 9.59. The fourth-order valence-electron chi connectivity index (χ4n) is 1.86. The van der Waals surface area contributed by atoms with E-state index >= 15 is 0 Å². The Morgan fingerprint density at radius 1 is 1.35 bits per heavy atom. The summed E-state index contributed by atoms with van der Waals surface area (Å²) in [5.74, 6) is 0.401. The molecule has 3 N–H and O–H groups in total. The fourth-order valence-corrected chi connectivity index (χ4v) is 2.26. The molecular formula is C12H13ClFN3. The Kier molecular flexibility index (Phi) is 2.83. The van der Waals surface area contributed by atoms with Crippen LogP contribution in [0.25, 0.3) is 11.1 Å². The zero-order chi connectivity index (χ0) is 12.6. The van der Waals surface area contributed by atoms with E-state index in [2.05, 4.69) is 10.2 Å². The smallest absolute Gasteiger partial charge is 0.132 e. The van der Waals surface area contributed by atoms with Gasteiger partial charge in [-0.25, -0.2) is 4.39 Å². The highest BCUT2D eigenvalue weighted by molar-refractivity contribution is 6.32. The molecule has 2 rings (SSSR count). The van der Waals surface area contributed by atoms with E-state index in [0.717, 1.165) is 0 Å². The minimum atomic E-state index is -1.54. The van der Waals surface area contributed by atoms with Crippen LogP contribution in [0.2, 0.25) is 5.02 Å². The summed E-state index contributed by atoms with van der Waals surface area (Å²) in [6.07, 6.45) is 1.57. The van der Waals surface area contributed by atoms with Crippen molar-refractivity contribution < 1.29 is 4.39 Å². The minimum absolute atomic E-state index is 0.385. The summed E-state index contributed by atoms with van der Waals surface area (Å²) < 4.78 is 14.2. The number of anilines is 1. The van der Waals surface area contributed by atoms with Gasteiger partial charge in [0.15, 0.2) is 0 Å². The number of hydrogen-bond acceptors (Lipinski definition) is 2. The Morgan fingerprint density at radius 3 is 2.59 bits per heavy atom. The van der Waals surface area contributed by atoms with Crippen molar-refractivity contribution in [2.24, 2.45) is 0 Å². The van der Waals surface area contributed by atoms with Gasteiger partial charge in [-0.2, -0.15) is 5.10 Å². The number of nitrogens with one attached hydrogen (secondary N) is 1. The highest BCUT2D eigenvalue weighted by Gasteiger charge is 2.27. The molecule has 0 radical (unpaired) electrons. The van der Waals surface area contributed by atoms with Crippen LogP contribution in [0.5, 0.6) is 0 Å². The van der Waals surface area contributed by atoms with Gasteiger partial charge < -0.3 is 5.73 Å². The first-order chi connectivity index (χ1) is 7.91. The molecule has 0 spiro atoms. The van der Waals surface area contributed by atoms with Crippen molar-refractivity contribution >= 4 is 17.4 Å². The maximum absolute atomic E-state index is 14.2. The standard InChI is InChI=1S/C12H13ClFN3/c1-12(2,14)10-7(4-3-5-9(10)13)8-6-16-17-11(8)15/h3-6H,1-2H3,(H3,15,16,17). The number of alkyl halides is 1. The molecule has 0 bridgehead atoms. The number of hydrogen-bond donors (Lipinski definition) is 2. The van der Waals surface area contributed by atoms with E-state index in [-0.39, 0.29) is 0 Å². The molecule has 0 unspecified atom stereocenters. The van der Waals surface area contributed by atoms with E-state index in [1.807, 2.05) is 0 Å². The molecule has 0 saturated heterocycles. The van der Waals surface area contributed by atoms with E-state index in [0.29, 0.717) is 27.5 Å². The molecule has 1 aromatic heterocycles. The van der Waals surface area contributed by atoms with Crippen LogP contribution < -0.4 is 5.73 Å². The highest BCUT2D eigenvalue weighted by atomic mass is 35.5. The third-order valence-electron chi connectivity index (χ3n) is 2.57. The summed E-state index contributed by atoms with van der Waals surface area (Å²) in [5.41, 5.74) is 5.96. The minimum Gasteiger partial charge on any atom is -0.384 e. The maximum Gasteiger partial charge on any atom is 0.132 e. The van der Waals surface area contributed by atoms with Crippen LogP contribution in [0, 0.1) is 0 Å². The van der Waals surface area contributed by atoms with Gasteiger partial charge in [0.25, 0.3) is 0 Å². The molecule has 0 fully saturated rings. The lowest BCUT2D eigenvalue weighted by Gasteiger charge is -2.20. The maximum atomic E-state index is 14.2. The summed E-state index contributed by atoms with van der Waals surface area (Å²) in [6.45, 7) is 2.93. The van der Waals surface area contributed by atoms with E-state index in [1.54, 1.807) is 24.4 Å². The summed E-state index contributed by atoms with van der Waals surface area (Å²) in [5, 5.41) is 6.85. The summed E-state index contributed by atoms with van der Waals surface area (Å²) in [4.78, 5) is 0. The molecule has 0 atom stereocenters. The van der Waals surface area contributed by atoms with E-state index < -0.39 is 5.67 Å². The Labute approximate surface area is 104 Å². The van der Waals surface area contributed by atoms with E-state index in [9.17, 15) is 4.39 Å². The van der Waals surface area contributed by atoms with Gasteiger partial charge in [-0.3, -0.25) is 5.10 Å². The van der Waals surface area contributed by atoms with Crippen molar-refractivity contribution in [2.75, 3.05) is 5.73 Å². The van der Waals surface area contributed by atoms with E-state index in [1.165, 1.54) is 13.8 Å². The Morgan fingerprint density at radius 2 is 2.06 bits per heavy atom. The monoisotopic (exact) mass is 253 g/mol. The summed E-state index contributed by atoms with van der Waals surface area (Å²) in [6, 6.07) is 5.21. The molecular weight excluding hydrogens is 241 g/mol. The molecule has 2 aromatic rings. The lowest BCUT2D eigenvalue weighted by atomic mass is 9.91. The number of nitrogen functional groups attached to an aromatic ring is 1. The third kappa shape index (κ3) is 2.13. The lowest BCUT2D eigenvalue weighted by molar-refractivity contribution is 0.222. The van der Waals surface area contributed by atoms with Crippen molar-refractivity contribution in [2.45, 2.75) is 19.5 Å². The number of rotatable bonds is 2. The Bertz CT molecular complexity index is 543. The van der Waals surface area contributed by atoms with Crippen molar-refractivity contribution in [3.63, 3.8) is 0 Å². The van der Waals surface area contributed by atoms with Gasteiger partial charge in [0.05, 0.1) is 6.20 Å². The molecule has 0 aliphatic rings. The summed E-state index contributed by atoms with van der Waals surface area (Å²) >= 11 is 6.07. The SMILES string of the molecule is CC(C)(F)c1c(Cl)cccc1-c1cn[nH]c1N. The summed E-state index contributed by atoms with van der Waals surface area (Å²) in [7, 11) is 0. The van der Waals surface area contributed by atoms with Crippen LogP contribution in [-0.2, 0) is 5.67 Å². The second kappa shape index (κ2) is 4.04. The highest BCUT2D eigenvalue weighted by Crippen LogP contribution is 2.40. The van der Waals surface area contributed by atoms with Crippen LogP contribution in [-0.4, -0.2) is 10.2 Å². The number of H-pyrrole nitrogens is 1. The Balaban J connectivity index is 2.71. The Hall–Kier alpha value is -1.55. The average Bonchev–Trinajstić information content (AvgIpc) is 2.62. The van der Waals surface area contributed by atoms with Gasteiger partial charge >= 0.3 is 0 Å². The van der Waals surface area contributed by atoms with Gasteiger partial charge in [-0.1, -0.05) is 23.7 Å². The zero-order valence-corrected chi connectivity index (χ0v) is 10.3. The lowest BCUT2D eigenvalue weighted by Crippen LogP contribution is -2.12. The van der Waals surface area contributed by atoms with Crippen molar-refractivity contribution in [1.29, 1.82) is 0 Å². The number of nitrogens with two attached hydrogens (primary N) is 1. The molecule has 0 aliphatic heterocycles. The average molecular weight is 254 g/mol. The van der Waals surface area contributed by atoms with Crippen molar-refractivity contribution in [3.8, 4) is 11.1 Å². The third-order valence-corrected chi connectivity index (χ3v) is 2.88. The fraction of sp³-hybridized carbons (Fsp3) is 0.250. The predicted octanol–water partition coefficient (Wildman–Crippen LogP) is 3.52. The molecule has 90 valence electrons. The second-order valence-electron chi connectivity index (χ2n) is 4.33. The molecule has 5 heteroatoms. The van der Waals surface area contributed by atoms with Gasteiger partial charge in [-0.05, 0) is 25.5 Å². The van der Waals surface area contributed by atoms with Gasteiger partial charge in [-0.15, -0.1) is 0 Å². The molecule has 17 heavy (non-hydrogen) atoms. The normalized spacial score (nSPS) is 11.8. The number of aromatic amines is 1. The number of benzene rings is 1. The van der Waals surface area contributed by atoms with Crippen LogP contribution in [0.4, 0.5) is 10.2 Å². The van der Waals surface area contributed by atoms with E-state index in [4.69, 9.17) is 17.3 Å². The molecule has 1 heterocycles. The van der Waals surface area contributed by atoms with Crippen molar-refractivity contribution in [1.82, 2.24) is 10.2 Å². The largest absolute Gasteiger partial charge is 0.384 e. The predicted molar refractivity (Wildman–Crippen MR) is 67.6 cm³/mol. The van der Waals surface area contributed by atoms with Gasteiger partial charge in [0.1, 0.15) is 11.5 Å². The molecule has 0 aliphatic carbocycles. The van der Waals surface area contributed by atoms with Crippen LogP contribution in [0.15, 0.2) is 24.4 Å². The number of aromatic nitrogens is 2. The van der Waals surface area contributed by atoms with Crippen LogP contribution >= 0.6 is 11.6 Å². The van der Waals surface area contributed by atoms with Gasteiger partial charge in [0, 0.05) is 16.1 Å². The van der Waals surface area contributed by atoms with Gasteiger partial charge in [0.2, 0.25) is 0 Å². The molecule has 0 saturated carbocycles. The first-order valence-corrected chi connectivity index (χ1v) is 5.56. The molecule has 1 aromatic carbocycles. The van der Waals surface area contributed by atoms with Crippen molar-refractivity contribution in [3.05, 3.63) is 35.0 Å². The number of halogens is 2. The second-order valence-corrected chi connectivity index (χ2v) is 4.74. The number of nitrogens with zero attached hydrogens (tertiary/aromatic N) is 1. The van der Waals surface area contributed by atoms with Crippen LogP contribution in [0.1, 0.15) is 19.4 Å². The quantitative estimate of drug-likeness (QED) is 0.860. The first kappa shape index (κ1) is 11.9. The molecule has 3 nitrogen and oxygen atoms in total. The van der Waals surface area contributed by atoms with Crippen LogP contribution in [0.3, 0.4) is 0 Å². The first-order valence-electron chi connectivity index (χ1n) is 5.18.